The van der Waals surface area contributed by atoms with Crippen LogP contribution in [0, 0.1) is 6.92 Å². The smallest absolute Gasteiger partial charge is 0.335 e. The molecule has 3 rings (SSSR count). The Morgan fingerprint density at radius 2 is 1.86 bits per heavy atom. The van der Waals surface area contributed by atoms with Gasteiger partial charge in [0.25, 0.3) is 0 Å². The molecular weight excluding hydrogens is 274 g/mol. The van der Waals surface area contributed by atoms with Gasteiger partial charge >= 0.3 is 5.97 Å². The lowest BCUT2D eigenvalue weighted by Gasteiger charge is -2.09. The van der Waals surface area contributed by atoms with Crippen LogP contribution in [0.3, 0.4) is 0 Å². The molecule has 1 heterocycles. The lowest BCUT2D eigenvalue weighted by Crippen LogP contribution is -2.02. The zero-order chi connectivity index (χ0) is 15.7. The Kier molecular flexibility index (Phi) is 3.72. The largest absolute Gasteiger partial charge is 0.478 e. The summed E-state index contributed by atoms with van der Waals surface area (Å²) in [5.74, 6) is -0.877. The first-order chi connectivity index (χ1) is 10.6. The number of aryl methyl sites for hydroxylation is 1. The number of hydrogen-bond acceptors (Lipinski definition) is 1. The number of nitrogens with zero attached hydrogens (tertiary/aromatic N) is 1. The molecule has 22 heavy (non-hydrogen) atoms. The highest BCUT2D eigenvalue weighted by Gasteiger charge is 2.15. The van der Waals surface area contributed by atoms with Crippen molar-refractivity contribution in [3.05, 3.63) is 70.9 Å². The summed E-state index contributed by atoms with van der Waals surface area (Å²) in [6.07, 6.45) is 0.896. The minimum Gasteiger partial charge on any atom is -0.478 e. The van der Waals surface area contributed by atoms with Crippen molar-refractivity contribution in [3.8, 4) is 0 Å². The van der Waals surface area contributed by atoms with Gasteiger partial charge in [0.05, 0.1) is 5.56 Å². The summed E-state index contributed by atoms with van der Waals surface area (Å²) >= 11 is 0. The van der Waals surface area contributed by atoms with Crippen LogP contribution < -0.4 is 0 Å². The second-order valence-corrected chi connectivity index (χ2v) is 5.53. The molecule has 3 aromatic rings. The maximum atomic E-state index is 11.2. The Hall–Kier alpha value is -2.55. The topological polar surface area (TPSA) is 42.2 Å². The SMILES string of the molecule is CCc1c(C)n(Cc2ccccc2)c2ccc(C(=O)O)cc12. The summed E-state index contributed by atoms with van der Waals surface area (Å²) in [5.41, 5.74) is 5.13. The van der Waals surface area contributed by atoms with Crippen LogP contribution in [0.4, 0.5) is 0 Å². The van der Waals surface area contributed by atoms with Gasteiger partial charge in [-0.2, -0.15) is 0 Å². The van der Waals surface area contributed by atoms with Crippen LogP contribution in [0.1, 0.15) is 34.1 Å². The third-order valence-corrected chi connectivity index (χ3v) is 4.24. The van der Waals surface area contributed by atoms with Gasteiger partial charge in [-0.05, 0) is 42.7 Å². The van der Waals surface area contributed by atoms with E-state index in [-0.39, 0.29) is 0 Å². The van der Waals surface area contributed by atoms with Gasteiger partial charge in [0.1, 0.15) is 0 Å². The van der Waals surface area contributed by atoms with Gasteiger partial charge in [0.15, 0.2) is 0 Å². The van der Waals surface area contributed by atoms with Crippen LogP contribution in [0.2, 0.25) is 0 Å². The van der Waals surface area contributed by atoms with E-state index in [0.717, 1.165) is 23.9 Å². The lowest BCUT2D eigenvalue weighted by molar-refractivity contribution is 0.0697. The van der Waals surface area contributed by atoms with E-state index in [0.29, 0.717) is 5.56 Å². The Balaban J connectivity index is 2.18. The maximum Gasteiger partial charge on any atom is 0.335 e. The number of rotatable bonds is 4. The molecule has 0 saturated carbocycles. The maximum absolute atomic E-state index is 11.2. The summed E-state index contributed by atoms with van der Waals surface area (Å²) in [4.78, 5) is 11.2. The molecule has 3 heteroatoms. The average Bonchev–Trinajstić information content (AvgIpc) is 2.79. The summed E-state index contributed by atoms with van der Waals surface area (Å²) in [6.45, 7) is 5.03. The fourth-order valence-corrected chi connectivity index (χ4v) is 3.10. The molecule has 0 fully saturated rings. The summed E-state index contributed by atoms with van der Waals surface area (Å²) in [6, 6.07) is 15.7. The van der Waals surface area contributed by atoms with Crippen LogP contribution in [0.5, 0.6) is 0 Å². The van der Waals surface area contributed by atoms with Crippen molar-refractivity contribution >= 4 is 16.9 Å². The Labute approximate surface area is 129 Å². The van der Waals surface area contributed by atoms with Crippen LogP contribution in [-0.4, -0.2) is 15.6 Å². The van der Waals surface area contributed by atoms with E-state index in [2.05, 4.69) is 30.5 Å². The number of aromatic nitrogens is 1. The number of carbonyl (C=O) groups is 1. The standard InChI is InChI=1S/C19H19NO2/c1-3-16-13(2)20(12-14-7-5-4-6-8-14)18-10-9-15(19(21)22)11-17(16)18/h4-11H,3,12H2,1-2H3,(H,21,22). The van der Waals surface area contributed by atoms with Crippen molar-refractivity contribution < 1.29 is 9.90 Å². The number of fused-ring (bicyclic) bond motifs is 1. The molecule has 2 aromatic carbocycles. The zero-order valence-electron chi connectivity index (χ0n) is 12.8. The lowest BCUT2D eigenvalue weighted by atomic mass is 10.1. The molecule has 1 N–H and O–H groups in total. The van der Waals surface area contributed by atoms with E-state index in [1.54, 1.807) is 12.1 Å². The predicted molar refractivity (Wildman–Crippen MR) is 88.6 cm³/mol. The second-order valence-electron chi connectivity index (χ2n) is 5.53. The zero-order valence-corrected chi connectivity index (χ0v) is 12.8. The molecule has 0 amide bonds. The van der Waals surface area contributed by atoms with Gasteiger partial charge in [0.2, 0.25) is 0 Å². The molecule has 0 atom stereocenters. The Morgan fingerprint density at radius 3 is 2.50 bits per heavy atom. The second kappa shape index (κ2) is 5.68. The highest BCUT2D eigenvalue weighted by molar-refractivity contribution is 5.95. The number of hydrogen-bond donors (Lipinski definition) is 1. The fraction of sp³-hybridized carbons (Fsp3) is 0.211. The Morgan fingerprint density at radius 1 is 1.14 bits per heavy atom. The van der Waals surface area contributed by atoms with Crippen molar-refractivity contribution in [3.63, 3.8) is 0 Å². The highest BCUT2D eigenvalue weighted by Crippen LogP contribution is 2.28. The molecule has 0 aliphatic rings. The first-order valence-corrected chi connectivity index (χ1v) is 7.50. The molecule has 3 nitrogen and oxygen atoms in total. The molecule has 1 aromatic heterocycles. The van der Waals surface area contributed by atoms with Crippen molar-refractivity contribution in [1.82, 2.24) is 4.57 Å². The molecule has 112 valence electrons. The minimum absolute atomic E-state index is 0.346. The van der Waals surface area contributed by atoms with E-state index < -0.39 is 5.97 Å². The van der Waals surface area contributed by atoms with Crippen molar-refractivity contribution in [1.29, 1.82) is 0 Å². The molecular formula is C19H19NO2. The fourth-order valence-electron chi connectivity index (χ4n) is 3.10. The number of carboxylic acids is 1. The van der Waals surface area contributed by atoms with E-state index in [1.165, 1.54) is 16.8 Å². The average molecular weight is 293 g/mol. The van der Waals surface area contributed by atoms with Gasteiger partial charge in [-0.1, -0.05) is 37.3 Å². The van der Waals surface area contributed by atoms with E-state index in [1.807, 2.05) is 24.3 Å². The number of carboxylic acid groups (broad SMARTS) is 1. The molecule has 0 aliphatic carbocycles. The van der Waals surface area contributed by atoms with Gasteiger partial charge < -0.3 is 9.67 Å². The first-order valence-electron chi connectivity index (χ1n) is 7.50. The molecule has 0 unspecified atom stereocenters. The van der Waals surface area contributed by atoms with Gasteiger partial charge in [0, 0.05) is 23.1 Å². The quantitative estimate of drug-likeness (QED) is 0.781. The van der Waals surface area contributed by atoms with E-state index in [4.69, 9.17) is 0 Å². The summed E-state index contributed by atoms with van der Waals surface area (Å²) < 4.78 is 2.27. The normalized spacial score (nSPS) is 11.0. The van der Waals surface area contributed by atoms with Crippen molar-refractivity contribution in [2.24, 2.45) is 0 Å². The van der Waals surface area contributed by atoms with Gasteiger partial charge in [-0.25, -0.2) is 4.79 Å². The van der Waals surface area contributed by atoms with Gasteiger partial charge in [-0.3, -0.25) is 0 Å². The van der Waals surface area contributed by atoms with E-state index in [9.17, 15) is 9.90 Å². The van der Waals surface area contributed by atoms with Gasteiger partial charge in [-0.15, -0.1) is 0 Å². The molecule has 0 spiro atoms. The highest BCUT2D eigenvalue weighted by atomic mass is 16.4. The van der Waals surface area contributed by atoms with Crippen molar-refractivity contribution in [2.45, 2.75) is 26.8 Å². The molecule has 0 saturated heterocycles. The first kappa shape index (κ1) is 14.4. The van der Waals surface area contributed by atoms with Crippen LogP contribution in [-0.2, 0) is 13.0 Å². The summed E-state index contributed by atoms with van der Waals surface area (Å²) in [7, 11) is 0. The van der Waals surface area contributed by atoms with Crippen LogP contribution in [0.15, 0.2) is 48.5 Å². The van der Waals surface area contributed by atoms with E-state index >= 15 is 0 Å². The minimum atomic E-state index is -0.877. The third-order valence-electron chi connectivity index (χ3n) is 4.24. The predicted octanol–water partition coefficient (Wildman–Crippen LogP) is 4.26. The molecule has 0 aliphatic heterocycles. The monoisotopic (exact) mass is 293 g/mol. The number of aromatic carboxylic acids is 1. The molecule has 0 bridgehead atoms. The molecule has 0 radical (unpaired) electrons. The van der Waals surface area contributed by atoms with Crippen LogP contribution >= 0.6 is 0 Å². The third kappa shape index (κ3) is 2.39. The van der Waals surface area contributed by atoms with Crippen molar-refractivity contribution in [2.75, 3.05) is 0 Å². The Bertz CT molecular complexity index is 832. The number of benzene rings is 2. The van der Waals surface area contributed by atoms with Crippen LogP contribution in [0.25, 0.3) is 10.9 Å². The summed E-state index contributed by atoms with van der Waals surface area (Å²) in [5, 5.41) is 10.3.